The minimum Gasteiger partial charge on any atom is -0.357 e. The highest BCUT2D eigenvalue weighted by molar-refractivity contribution is 6.33. The quantitative estimate of drug-likeness (QED) is 0.911. The van der Waals surface area contributed by atoms with Crippen molar-refractivity contribution in [3.8, 4) is 0 Å². The summed E-state index contributed by atoms with van der Waals surface area (Å²) in [6.07, 6.45) is 6.92. The van der Waals surface area contributed by atoms with E-state index in [1.54, 1.807) is 18.2 Å². The second-order valence-corrected chi connectivity index (χ2v) is 6.50. The molecule has 0 unspecified atom stereocenters. The number of nitrogens with one attached hydrogen (secondary N) is 1. The number of carbonyl (C=O) groups is 1. The number of benzene rings is 1. The second-order valence-electron chi connectivity index (χ2n) is 6.09. The van der Waals surface area contributed by atoms with Crippen LogP contribution >= 0.6 is 11.6 Å². The van der Waals surface area contributed by atoms with Crippen LogP contribution in [0, 0.1) is 0 Å². The molecule has 1 aromatic heterocycles. The van der Waals surface area contributed by atoms with E-state index in [4.69, 9.17) is 11.6 Å². The van der Waals surface area contributed by atoms with Crippen molar-refractivity contribution < 1.29 is 4.79 Å². The van der Waals surface area contributed by atoms with Crippen molar-refractivity contribution >= 4 is 23.3 Å². The first-order valence-corrected chi connectivity index (χ1v) is 8.84. The fraction of sp³-hybridized carbons (Fsp3) is 0.368. The van der Waals surface area contributed by atoms with E-state index in [1.165, 1.54) is 25.7 Å². The van der Waals surface area contributed by atoms with Gasteiger partial charge in [-0.1, -0.05) is 42.6 Å². The first-order chi connectivity index (χ1) is 11.7. The highest BCUT2D eigenvalue weighted by Crippen LogP contribution is 2.18. The largest absolute Gasteiger partial charge is 0.357 e. The van der Waals surface area contributed by atoms with Gasteiger partial charge in [0.2, 0.25) is 0 Å². The second kappa shape index (κ2) is 8.15. The van der Waals surface area contributed by atoms with Crippen LogP contribution in [0.5, 0.6) is 0 Å². The van der Waals surface area contributed by atoms with Crippen LogP contribution in [0.4, 0.5) is 5.82 Å². The number of aromatic nitrogens is 1. The van der Waals surface area contributed by atoms with Crippen molar-refractivity contribution in [2.45, 2.75) is 32.2 Å². The predicted molar refractivity (Wildman–Crippen MR) is 97.5 cm³/mol. The molecule has 1 amide bonds. The fourth-order valence-electron chi connectivity index (χ4n) is 2.93. The molecule has 2 aromatic rings. The summed E-state index contributed by atoms with van der Waals surface area (Å²) in [5, 5.41) is 3.35. The SMILES string of the molecule is O=C(NCc1ccc(N2CCCCCC2)nc1)c1ccccc1Cl. The van der Waals surface area contributed by atoms with Gasteiger partial charge >= 0.3 is 0 Å². The Morgan fingerprint density at radius 1 is 1.08 bits per heavy atom. The van der Waals surface area contributed by atoms with Crippen LogP contribution in [-0.4, -0.2) is 24.0 Å². The van der Waals surface area contributed by atoms with Crippen molar-refractivity contribution in [3.63, 3.8) is 0 Å². The third-order valence-electron chi connectivity index (χ3n) is 4.31. The molecule has 0 spiro atoms. The molecule has 2 heterocycles. The van der Waals surface area contributed by atoms with Gasteiger partial charge in [0.15, 0.2) is 0 Å². The summed E-state index contributed by atoms with van der Waals surface area (Å²) < 4.78 is 0. The van der Waals surface area contributed by atoms with Crippen molar-refractivity contribution in [1.82, 2.24) is 10.3 Å². The molecule has 0 atom stereocenters. The molecule has 0 radical (unpaired) electrons. The van der Waals surface area contributed by atoms with E-state index in [9.17, 15) is 4.79 Å². The van der Waals surface area contributed by atoms with Gasteiger partial charge in [-0.05, 0) is 36.6 Å². The number of hydrogen-bond donors (Lipinski definition) is 1. The Morgan fingerprint density at radius 3 is 2.50 bits per heavy atom. The summed E-state index contributed by atoms with van der Waals surface area (Å²) in [5.74, 6) is 0.857. The molecule has 4 nitrogen and oxygen atoms in total. The number of halogens is 1. The molecule has 3 rings (SSSR count). The van der Waals surface area contributed by atoms with E-state index in [0.29, 0.717) is 17.1 Å². The van der Waals surface area contributed by atoms with Crippen LogP contribution in [0.2, 0.25) is 5.02 Å². The maximum atomic E-state index is 12.2. The third kappa shape index (κ3) is 4.26. The monoisotopic (exact) mass is 343 g/mol. The molecule has 5 heteroatoms. The van der Waals surface area contributed by atoms with Gasteiger partial charge in [0, 0.05) is 25.8 Å². The van der Waals surface area contributed by atoms with E-state index in [0.717, 1.165) is 24.5 Å². The van der Waals surface area contributed by atoms with Gasteiger partial charge in [0.05, 0.1) is 10.6 Å². The first-order valence-electron chi connectivity index (χ1n) is 8.46. The van der Waals surface area contributed by atoms with Crippen molar-refractivity contribution in [2.75, 3.05) is 18.0 Å². The summed E-state index contributed by atoms with van der Waals surface area (Å²) in [6.45, 7) is 2.60. The molecule has 1 N–H and O–H groups in total. The number of nitrogens with zero attached hydrogens (tertiary/aromatic N) is 2. The molecule has 1 fully saturated rings. The summed E-state index contributed by atoms with van der Waals surface area (Å²) in [5.41, 5.74) is 1.47. The third-order valence-corrected chi connectivity index (χ3v) is 4.64. The number of carbonyl (C=O) groups excluding carboxylic acids is 1. The lowest BCUT2D eigenvalue weighted by atomic mass is 10.2. The molecule has 0 bridgehead atoms. The summed E-state index contributed by atoms with van der Waals surface area (Å²) in [4.78, 5) is 19.1. The van der Waals surface area contributed by atoms with E-state index in [2.05, 4.69) is 15.2 Å². The van der Waals surface area contributed by atoms with Crippen LogP contribution in [0.15, 0.2) is 42.6 Å². The van der Waals surface area contributed by atoms with Crippen LogP contribution in [0.1, 0.15) is 41.6 Å². The van der Waals surface area contributed by atoms with Crippen molar-refractivity contribution in [2.24, 2.45) is 0 Å². The van der Waals surface area contributed by atoms with Crippen molar-refractivity contribution in [1.29, 1.82) is 0 Å². The molecule has 1 saturated heterocycles. The van der Waals surface area contributed by atoms with E-state index in [-0.39, 0.29) is 5.91 Å². The van der Waals surface area contributed by atoms with Gasteiger partial charge in [-0.15, -0.1) is 0 Å². The lowest BCUT2D eigenvalue weighted by molar-refractivity contribution is 0.0951. The molecular formula is C19H22ClN3O. The van der Waals surface area contributed by atoms with E-state index in [1.807, 2.05) is 24.4 Å². The molecule has 1 aromatic carbocycles. The van der Waals surface area contributed by atoms with Crippen LogP contribution in [0.3, 0.4) is 0 Å². The summed E-state index contributed by atoms with van der Waals surface area (Å²) >= 11 is 6.04. The zero-order valence-electron chi connectivity index (χ0n) is 13.7. The minimum absolute atomic E-state index is 0.169. The zero-order chi connectivity index (χ0) is 16.8. The Hall–Kier alpha value is -2.07. The van der Waals surface area contributed by atoms with Gasteiger partial charge in [-0.3, -0.25) is 4.79 Å². The number of anilines is 1. The van der Waals surface area contributed by atoms with Crippen LogP contribution < -0.4 is 10.2 Å². The smallest absolute Gasteiger partial charge is 0.253 e. The highest BCUT2D eigenvalue weighted by atomic mass is 35.5. The Morgan fingerprint density at radius 2 is 1.83 bits per heavy atom. The van der Waals surface area contributed by atoms with Crippen LogP contribution in [0.25, 0.3) is 0 Å². The lowest BCUT2D eigenvalue weighted by Crippen LogP contribution is -2.25. The zero-order valence-corrected chi connectivity index (χ0v) is 14.4. The average molecular weight is 344 g/mol. The molecule has 1 aliphatic heterocycles. The topological polar surface area (TPSA) is 45.2 Å². The minimum atomic E-state index is -0.169. The van der Waals surface area contributed by atoms with Crippen molar-refractivity contribution in [3.05, 3.63) is 58.7 Å². The number of rotatable bonds is 4. The standard InChI is InChI=1S/C19H22ClN3O/c20-17-8-4-3-7-16(17)19(24)22-14-15-9-10-18(21-13-15)23-11-5-1-2-6-12-23/h3-4,7-10,13H,1-2,5-6,11-12,14H2,(H,22,24). The van der Waals surface area contributed by atoms with Gasteiger partial charge in [-0.25, -0.2) is 4.98 Å². The Bertz CT molecular complexity index is 679. The van der Waals surface area contributed by atoms with Gasteiger partial charge in [0.1, 0.15) is 5.82 Å². The number of amides is 1. The van der Waals surface area contributed by atoms with E-state index < -0.39 is 0 Å². The fourth-order valence-corrected chi connectivity index (χ4v) is 3.15. The van der Waals surface area contributed by atoms with Gasteiger partial charge in [0.25, 0.3) is 5.91 Å². The molecule has 24 heavy (non-hydrogen) atoms. The lowest BCUT2D eigenvalue weighted by Gasteiger charge is -2.21. The summed E-state index contributed by atoms with van der Waals surface area (Å²) in [6, 6.07) is 11.1. The maximum absolute atomic E-state index is 12.2. The normalized spacial score (nSPS) is 15.0. The number of pyridine rings is 1. The molecule has 126 valence electrons. The Balaban J connectivity index is 1.58. The predicted octanol–water partition coefficient (Wildman–Crippen LogP) is 4.05. The van der Waals surface area contributed by atoms with Gasteiger partial charge < -0.3 is 10.2 Å². The maximum Gasteiger partial charge on any atom is 0.253 e. The Labute approximate surface area is 147 Å². The molecule has 0 aliphatic carbocycles. The number of hydrogen-bond acceptors (Lipinski definition) is 3. The highest BCUT2D eigenvalue weighted by Gasteiger charge is 2.12. The molecule has 1 aliphatic rings. The van der Waals surface area contributed by atoms with Crippen LogP contribution in [-0.2, 0) is 6.54 Å². The summed E-state index contributed by atoms with van der Waals surface area (Å²) in [7, 11) is 0. The first kappa shape index (κ1) is 16.8. The van der Waals surface area contributed by atoms with E-state index >= 15 is 0 Å². The van der Waals surface area contributed by atoms with Gasteiger partial charge in [-0.2, -0.15) is 0 Å². The molecule has 0 saturated carbocycles. The average Bonchev–Trinajstić information content (AvgIpc) is 2.90. The Kier molecular flexibility index (Phi) is 5.70. The molecular weight excluding hydrogens is 322 g/mol.